The number of piperidine rings is 1. The first kappa shape index (κ1) is 36.2. The number of amides is 2. The van der Waals surface area contributed by atoms with Crippen LogP contribution in [0.4, 0.5) is 10.6 Å². The number of pyridine rings is 2. The fourth-order valence-corrected chi connectivity index (χ4v) is 9.63. The fraction of sp³-hybridized carbons (Fsp3) is 0.651. The van der Waals surface area contributed by atoms with E-state index in [4.69, 9.17) is 24.4 Å². The van der Waals surface area contributed by atoms with E-state index in [1.807, 2.05) is 31.0 Å². The summed E-state index contributed by atoms with van der Waals surface area (Å²) in [6.45, 7) is 5.49. The van der Waals surface area contributed by atoms with Gasteiger partial charge in [-0.25, -0.2) is 9.78 Å². The number of allylic oxidation sites excluding steroid dienone is 1. The molecule has 2 atom stereocenters. The Labute approximate surface area is 314 Å². The highest BCUT2D eigenvalue weighted by atomic mass is 16.6. The zero-order chi connectivity index (χ0) is 36.7. The Morgan fingerprint density at radius 2 is 1.64 bits per heavy atom. The number of aromatic nitrogens is 2. The Bertz CT molecular complexity index is 1730. The van der Waals surface area contributed by atoms with Crippen LogP contribution in [0.3, 0.4) is 0 Å². The van der Waals surface area contributed by atoms with Crippen LogP contribution in [0.5, 0.6) is 5.75 Å². The Kier molecular flexibility index (Phi) is 10.3. The van der Waals surface area contributed by atoms with E-state index in [9.17, 15) is 14.7 Å². The fourth-order valence-electron chi connectivity index (χ4n) is 9.63. The average Bonchev–Trinajstić information content (AvgIpc) is 4.00. The predicted molar refractivity (Wildman–Crippen MR) is 205 cm³/mol. The van der Waals surface area contributed by atoms with E-state index in [1.165, 1.54) is 37.0 Å². The van der Waals surface area contributed by atoms with Crippen molar-refractivity contribution >= 4 is 29.1 Å². The zero-order valence-electron chi connectivity index (χ0n) is 31.8. The lowest BCUT2D eigenvalue weighted by atomic mass is 9.64. The van der Waals surface area contributed by atoms with E-state index in [1.54, 1.807) is 12.0 Å². The van der Waals surface area contributed by atoms with Crippen molar-refractivity contribution in [1.82, 2.24) is 14.9 Å². The minimum absolute atomic E-state index is 0.139. The van der Waals surface area contributed by atoms with Crippen LogP contribution in [0.1, 0.15) is 120 Å². The van der Waals surface area contributed by atoms with Gasteiger partial charge < -0.3 is 19.5 Å². The molecule has 10 nitrogen and oxygen atoms in total. The number of aliphatic hydroxyl groups is 1. The lowest BCUT2D eigenvalue weighted by molar-refractivity contribution is -0.124. The maximum atomic E-state index is 14.6. The van der Waals surface area contributed by atoms with Gasteiger partial charge in [0.05, 0.1) is 18.4 Å². The minimum Gasteiger partial charge on any atom is -0.495 e. The molecule has 10 heteroatoms. The van der Waals surface area contributed by atoms with Crippen LogP contribution >= 0.6 is 0 Å². The Morgan fingerprint density at radius 3 is 2.30 bits per heavy atom. The molecule has 2 amide bonds. The van der Waals surface area contributed by atoms with Gasteiger partial charge in [-0.3, -0.25) is 19.7 Å². The van der Waals surface area contributed by atoms with E-state index in [0.717, 1.165) is 54.2 Å². The Morgan fingerprint density at radius 1 is 0.925 bits per heavy atom. The summed E-state index contributed by atoms with van der Waals surface area (Å²) in [6, 6.07) is 8.39. The molecule has 1 saturated heterocycles. The van der Waals surface area contributed by atoms with Crippen molar-refractivity contribution in [2.45, 2.75) is 121 Å². The molecule has 0 aromatic carbocycles. The number of hydrogen-bond donors (Lipinski definition) is 1. The van der Waals surface area contributed by atoms with Gasteiger partial charge in [-0.15, -0.1) is 0 Å². The largest absolute Gasteiger partial charge is 0.495 e. The quantitative estimate of drug-likeness (QED) is 0.280. The number of aliphatic imine (C=N–C) groups is 1. The van der Waals surface area contributed by atoms with Crippen LogP contribution in [0.15, 0.2) is 41.7 Å². The van der Waals surface area contributed by atoms with E-state index in [2.05, 4.69) is 24.4 Å². The van der Waals surface area contributed by atoms with Gasteiger partial charge in [0.1, 0.15) is 17.7 Å². The molecule has 2 aromatic rings. The zero-order valence-corrected chi connectivity index (χ0v) is 31.8. The summed E-state index contributed by atoms with van der Waals surface area (Å²) in [7, 11) is 1.69. The molecule has 1 N–H and O–H groups in total. The molecule has 2 aliphatic heterocycles. The third kappa shape index (κ3) is 7.89. The number of methoxy groups -OCH3 is 1. The number of rotatable bonds is 9. The van der Waals surface area contributed by atoms with Gasteiger partial charge in [-0.1, -0.05) is 0 Å². The molecule has 6 aliphatic rings. The number of likely N-dealkylation sites (tertiary alicyclic amines) is 1. The third-order valence-electron chi connectivity index (χ3n) is 13.4. The van der Waals surface area contributed by atoms with Crippen molar-refractivity contribution in [2.24, 2.45) is 34.6 Å². The first-order valence-corrected chi connectivity index (χ1v) is 20.4. The van der Waals surface area contributed by atoms with E-state index in [0.29, 0.717) is 87.7 Å². The Balaban J connectivity index is 0.960. The summed E-state index contributed by atoms with van der Waals surface area (Å²) < 4.78 is 11.4. The molecule has 4 heterocycles. The second-order valence-electron chi connectivity index (χ2n) is 17.1. The molecular formula is C43H57N5O5. The van der Waals surface area contributed by atoms with Crippen LogP contribution in [0.2, 0.25) is 0 Å². The second kappa shape index (κ2) is 15.2. The molecule has 2 aromatic heterocycles. The lowest BCUT2D eigenvalue weighted by Crippen LogP contribution is -2.46. The standard InChI is InChI=1S/C43H57N5O5/c1-27-38(52-3)17-16-37(46-27)29-6-4-28(5-7-29)26-48(39-24-32(18-21-44-39)36-25-45-40(30-8-9-30)35-15-14-34(35)36)41(49)31-10-12-33(13-11-31)53-42(50)47-22-19-43(2,51)20-23-47/h16-18,21,24-25,28-31,33-35,51H,4-15,19-20,22-23,26H2,1-3H3. The minimum atomic E-state index is -0.720. The van der Waals surface area contributed by atoms with Crippen molar-refractivity contribution in [3.05, 3.63) is 53.6 Å². The van der Waals surface area contributed by atoms with Gasteiger partial charge in [-0.2, -0.15) is 0 Å². The molecule has 53 heavy (non-hydrogen) atoms. The molecular weight excluding hydrogens is 667 g/mol. The summed E-state index contributed by atoms with van der Waals surface area (Å²) in [5.41, 5.74) is 5.20. The van der Waals surface area contributed by atoms with E-state index in [-0.39, 0.29) is 24.0 Å². The summed E-state index contributed by atoms with van der Waals surface area (Å²) >= 11 is 0. The highest BCUT2D eigenvalue weighted by Crippen LogP contribution is 2.51. The summed E-state index contributed by atoms with van der Waals surface area (Å²) in [5, 5.41) is 10.3. The summed E-state index contributed by atoms with van der Waals surface area (Å²) in [5.74, 6) is 4.13. The maximum absolute atomic E-state index is 14.6. The smallest absolute Gasteiger partial charge is 0.410 e. The van der Waals surface area contributed by atoms with Crippen LogP contribution in [0.25, 0.3) is 5.57 Å². The van der Waals surface area contributed by atoms with Crippen LogP contribution in [-0.2, 0) is 9.53 Å². The van der Waals surface area contributed by atoms with Crippen molar-refractivity contribution in [2.75, 3.05) is 31.6 Å². The first-order valence-electron chi connectivity index (χ1n) is 20.4. The molecule has 284 valence electrons. The van der Waals surface area contributed by atoms with Crippen LogP contribution in [-0.4, -0.2) is 76.1 Å². The third-order valence-corrected chi connectivity index (χ3v) is 13.4. The number of carbonyl (C=O) groups is 2. The molecule has 0 bridgehead atoms. The molecule has 5 fully saturated rings. The lowest BCUT2D eigenvalue weighted by Gasteiger charge is -2.41. The van der Waals surface area contributed by atoms with Gasteiger partial charge >= 0.3 is 6.09 Å². The van der Waals surface area contributed by atoms with Gasteiger partial charge in [0.15, 0.2) is 0 Å². The average molecular weight is 724 g/mol. The van der Waals surface area contributed by atoms with E-state index < -0.39 is 5.60 Å². The monoisotopic (exact) mass is 723 g/mol. The number of anilines is 1. The number of fused-ring (bicyclic) bond motifs is 1. The van der Waals surface area contributed by atoms with Crippen molar-refractivity contribution in [1.29, 1.82) is 0 Å². The number of hydrogen-bond acceptors (Lipinski definition) is 8. The topological polar surface area (TPSA) is 117 Å². The SMILES string of the molecule is COc1ccc(C2CCC(CN(C(=O)C3CCC(OC(=O)N4CCC(C)(O)CC4)CC3)c3cc(C4=CN=C(C5CC5)C5CCC45)ccn3)CC2)nc1C. The van der Waals surface area contributed by atoms with Crippen molar-refractivity contribution in [3.8, 4) is 5.75 Å². The van der Waals surface area contributed by atoms with Gasteiger partial charge in [0.25, 0.3) is 0 Å². The number of aryl methyl sites for hydroxylation is 1. The van der Waals surface area contributed by atoms with Crippen molar-refractivity contribution in [3.63, 3.8) is 0 Å². The Hall–Kier alpha value is -3.79. The molecule has 2 unspecified atom stereocenters. The normalized spacial score (nSPS) is 29.5. The first-order chi connectivity index (χ1) is 25.7. The highest BCUT2D eigenvalue weighted by Gasteiger charge is 2.45. The molecule has 0 spiro atoms. The molecule has 8 rings (SSSR count). The summed E-state index contributed by atoms with van der Waals surface area (Å²) in [4.78, 5) is 46.0. The van der Waals surface area contributed by atoms with Crippen LogP contribution < -0.4 is 9.64 Å². The maximum Gasteiger partial charge on any atom is 0.410 e. The van der Waals surface area contributed by atoms with Gasteiger partial charge in [0, 0.05) is 61.2 Å². The number of ether oxygens (including phenoxy) is 2. The molecule has 4 saturated carbocycles. The molecule has 0 radical (unpaired) electrons. The van der Waals surface area contributed by atoms with Gasteiger partial charge in [-0.05, 0) is 157 Å². The van der Waals surface area contributed by atoms with Crippen molar-refractivity contribution < 1.29 is 24.2 Å². The number of carbonyl (C=O) groups excluding carboxylic acids is 2. The predicted octanol–water partition coefficient (Wildman–Crippen LogP) is 7.87. The van der Waals surface area contributed by atoms with E-state index >= 15 is 0 Å². The molecule has 4 aliphatic carbocycles. The summed E-state index contributed by atoms with van der Waals surface area (Å²) in [6.07, 6.45) is 16.5. The van der Waals surface area contributed by atoms with Gasteiger partial charge in [0.2, 0.25) is 5.91 Å². The number of nitrogens with zero attached hydrogens (tertiary/aromatic N) is 5. The second-order valence-corrected chi connectivity index (χ2v) is 17.1. The highest BCUT2D eigenvalue weighted by molar-refractivity contribution is 5.97. The van der Waals surface area contributed by atoms with Crippen LogP contribution in [0, 0.1) is 36.5 Å².